The van der Waals surface area contributed by atoms with Crippen LogP contribution in [0.25, 0.3) is 0 Å². The molecule has 15 nitrogen and oxygen atoms in total. The number of carbonyl (C=O) groups is 6. The fourth-order valence-corrected chi connectivity index (χ4v) is 7.38. The van der Waals surface area contributed by atoms with Crippen molar-refractivity contribution in [1.29, 1.82) is 0 Å². The van der Waals surface area contributed by atoms with E-state index < -0.39 is 93.0 Å². The molecule has 0 spiro atoms. The van der Waals surface area contributed by atoms with Gasteiger partial charge in [-0.3, -0.25) is 0 Å². The molecule has 0 amide bonds. The molecule has 3 N–H and O–H groups in total. The van der Waals surface area contributed by atoms with E-state index in [0.717, 1.165) is 4.94 Å². The molecule has 0 aliphatic heterocycles. The maximum atomic E-state index is 12.5. The Labute approximate surface area is 244 Å². The Kier molecular flexibility index (Phi) is 19.9. The number of rotatable bonds is 21. The van der Waals surface area contributed by atoms with Crippen LogP contribution < -0.4 is 0 Å². The number of aliphatic hydroxyl groups is 3. The SMILES string of the molecule is CCCCOC(=O)C(O)CC(=O)[O][Sn]([CH3])([O]C(=O)CC(O)C(=O)OCCCC)[O]C(=O)CC(O)C(=O)OCCCC. The zero-order chi connectivity index (χ0) is 31.4. The second kappa shape index (κ2) is 21.2. The Balaban J connectivity index is 5.43. The average molecular weight is 701 g/mol. The number of carbonyl (C=O) groups excluding carboxylic acids is 6. The number of ether oxygens (including phenoxy) is 3. The Morgan fingerprint density at radius 2 is 0.780 bits per heavy atom. The van der Waals surface area contributed by atoms with Crippen molar-refractivity contribution in [2.24, 2.45) is 0 Å². The van der Waals surface area contributed by atoms with Gasteiger partial charge in [0.15, 0.2) is 0 Å². The maximum absolute atomic E-state index is 12.5. The van der Waals surface area contributed by atoms with E-state index in [2.05, 4.69) is 0 Å². The first-order valence-corrected chi connectivity index (χ1v) is 19.8. The van der Waals surface area contributed by atoms with Crippen molar-refractivity contribution in [1.82, 2.24) is 0 Å². The second-order valence-corrected chi connectivity index (χ2v) is 15.7. The van der Waals surface area contributed by atoms with Crippen molar-refractivity contribution < 1.29 is 67.5 Å². The van der Waals surface area contributed by atoms with Gasteiger partial charge in [0.25, 0.3) is 0 Å². The molecule has 0 saturated carbocycles. The standard InChI is InChI=1S/3C8H14O5.CH3.Sn/c3*1-2-3-4-13-8(12)6(9)5-7(10)11;;/h3*6,9H,2-5H2,1H3,(H,10,11);1H3;/q;;;;+3/p-3. The van der Waals surface area contributed by atoms with Crippen LogP contribution in [-0.2, 0) is 52.2 Å². The van der Waals surface area contributed by atoms with E-state index >= 15 is 0 Å². The molecule has 0 aromatic carbocycles. The molecular formula is C25H42O15Sn. The van der Waals surface area contributed by atoms with Crippen LogP contribution in [0.4, 0.5) is 0 Å². The van der Waals surface area contributed by atoms with Gasteiger partial charge in [-0.15, -0.1) is 0 Å². The topological polar surface area (TPSA) is 218 Å². The van der Waals surface area contributed by atoms with Gasteiger partial charge in [0.05, 0.1) is 0 Å². The second-order valence-electron chi connectivity index (χ2n) is 9.01. The van der Waals surface area contributed by atoms with Crippen molar-refractivity contribution in [2.45, 2.75) is 102 Å². The van der Waals surface area contributed by atoms with Crippen LogP contribution in [0.15, 0.2) is 0 Å². The predicted octanol–water partition coefficient (Wildman–Crippen LogP) is 0.468. The molecule has 0 heterocycles. The van der Waals surface area contributed by atoms with Crippen molar-refractivity contribution in [3.63, 3.8) is 0 Å². The molecule has 0 aliphatic rings. The first kappa shape index (κ1) is 38.5. The molecule has 0 rings (SSSR count). The van der Waals surface area contributed by atoms with Crippen molar-refractivity contribution in [2.75, 3.05) is 19.8 Å². The zero-order valence-corrected chi connectivity index (χ0v) is 26.8. The average Bonchev–Trinajstić information content (AvgIpc) is 2.87. The number of unbranched alkanes of at least 4 members (excludes halogenated alkanes) is 3. The summed E-state index contributed by atoms with van der Waals surface area (Å²) in [6, 6.07) is 0. The van der Waals surface area contributed by atoms with E-state index in [1.807, 2.05) is 20.8 Å². The molecule has 0 bridgehead atoms. The molecule has 41 heavy (non-hydrogen) atoms. The summed E-state index contributed by atoms with van der Waals surface area (Å²) >= 11 is -5.60. The molecule has 0 aromatic rings. The summed E-state index contributed by atoms with van der Waals surface area (Å²) in [7, 11) is 0. The number of aliphatic hydroxyl groups excluding tert-OH is 3. The molecule has 3 atom stereocenters. The summed E-state index contributed by atoms with van der Waals surface area (Å²) in [6.07, 6.45) is -4.89. The Hall–Kier alpha value is -2.50. The first-order valence-electron chi connectivity index (χ1n) is 13.5. The summed E-state index contributed by atoms with van der Waals surface area (Å²) in [5.41, 5.74) is 0. The zero-order valence-electron chi connectivity index (χ0n) is 24.0. The van der Waals surface area contributed by atoms with Crippen molar-refractivity contribution in [3.05, 3.63) is 0 Å². The molecule has 0 aliphatic carbocycles. The predicted molar refractivity (Wildman–Crippen MR) is 139 cm³/mol. The van der Waals surface area contributed by atoms with Crippen LogP contribution in [-0.4, -0.2) is 109 Å². The normalized spacial score (nSPS) is 14.4. The third-order valence-corrected chi connectivity index (χ3v) is 10.1. The molecule has 236 valence electrons. The van der Waals surface area contributed by atoms with Gasteiger partial charge in [-0.25, -0.2) is 0 Å². The van der Waals surface area contributed by atoms with Gasteiger partial charge in [0, 0.05) is 0 Å². The molecular weight excluding hydrogens is 659 g/mol. The van der Waals surface area contributed by atoms with Crippen LogP contribution >= 0.6 is 0 Å². The van der Waals surface area contributed by atoms with Gasteiger partial charge in [0.2, 0.25) is 0 Å². The van der Waals surface area contributed by atoms with E-state index in [9.17, 15) is 44.1 Å². The Bertz CT molecular complexity index is 755. The van der Waals surface area contributed by atoms with Crippen molar-refractivity contribution in [3.8, 4) is 0 Å². The van der Waals surface area contributed by atoms with Gasteiger partial charge in [0.1, 0.15) is 0 Å². The molecule has 16 heteroatoms. The monoisotopic (exact) mass is 702 g/mol. The number of hydrogen-bond acceptors (Lipinski definition) is 15. The first-order chi connectivity index (χ1) is 19.3. The molecule has 0 radical (unpaired) electrons. The van der Waals surface area contributed by atoms with E-state index in [4.69, 9.17) is 23.4 Å². The molecule has 0 saturated heterocycles. The minimum atomic E-state index is -5.60. The van der Waals surface area contributed by atoms with Crippen LogP contribution in [0.5, 0.6) is 0 Å². The van der Waals surface area contributed by atoms with Crippen molar-refractivity contribution >= 4 is 55.4 Å². The van der Waals surface area contributed by atoms with Crippen LogP contribution in [0.3, 0.4) is 0 Å². The van der Waals surface area contributed by atoms with E-state index in [1.54, 1.807) is 0 Å². The van der Waals surface area contributed by atoms with E-state index in [0.29, 0.717) is 38.5 Å². The summed E-state index contributed by atoms with van der Waals surface area (Å²) < 4.78 is 29.7. The molecule has 0 aromatic heterocycles. The Morgan fingerprint density at radius 3 is 1.00 bits per heavy atom. The van der Waals surface area contributed by atoms with Gasteiger partial charge in [-0.05, 0) is 0 Å². The molecule has 3 unspecified atom stereocenters. The quantitative estimate of drug-likeness (QED) is 0.0641. The third-order valence-electron chi connectivity index (χ3n) is 5.02. The summed E-state index contributed by atoms with van der Waals surface area (Å²) in [5, 5.41) is 29.8. The Morgan fingerprint density at radius 1 is 0.537 bits per heavy atom. The fraction of sp³-hybridized carbons (Fsp3) is 0.760. The van der Waals surface area contributed by atoms with Gasteiger partial charge < -0.3 is 0 Å². The number of esters is 3. The summed E-state index contributed by atoms with van der Waals surface area (Å²) in [5.74, 6) is -7.17. The number of hydrogen-bond donors (Lipinski definition) is 3. The summed E-state index contributed by atoms with van der Waals surface area (Å²) in [4.78, 5) is 73.9. The fourth-order valence-electron chi connectivity index (χ4n) is 2.77. The van der Waals surface area contributed by atoms with Gasteiger partial charge in [-0.2, -0.15) is 0 Å². The van der Waals surface area contributed by atoms with E-state index in [-0.39, 0.29) is 19.8 Å². The van der Waals surface area contributed by atoms with Crippen LogP contribution in [0.1, 0.15) is 78.6 Å². The summed E-state index contributed by atoms with van der Waals surface area (Å²) in [6.45, 7) is 5.59. The third kappa shape index (κ3) is 17.8. The van der Waals surface area contributed by atoms with Crippen LogP contribution in [0.2, 0.25) is 4.94 Å². The molecule has 0 fully saturated rings. The van der Waals surface area contributed by atoms with Gasteiger partial charge >= 0.3 is 245 Å². The van der Waals surface area contributed by atoms with Gasteiger partial charge in [-0.1, -0.05) is 0 Å². The van der Waals surface area contributed by atoms with E-state index in [1.165, 1.54) is 0 Å². The van der Waals surface area contributed by atoms with Crippen LogP contribution in [0, 0.1) is 0 Å². The minimum absolute atomic E-state index is 0.0139.